The number of nitrogens with zero attached hydrogens (tertiary/aromatic N) is 2. The first-order chi connectivity index (χ1) is 7.58. The molecule has 0 aliphatic carbocycles. The van der Waals surface area contributed by atoms with Gasteiger partial charge in [0.25, 0.3) is 0 Å². The van der Waals surface area contributed by atoms with Gasteiger partial charge in [-0.2, -0.15) is 4.98 Å². The van der Waals surface area contributed by atoms with Gasteiger partial charge in [-0.1, -0.05) is 18.5 Å². The van der Waals surface area contributed by atoms with E-state index in [9.17, 15) is 0 Å². The zero-order chi connectivity index (χ0) is 12.1. The van der Waals surface area contributed by atoms with Gasteiger partial charge in [0.05, 0.1) is 13.3 Å². The van der Waals surface area contributed by atoms with E-state index in [2.05, 4.69) is 22.2 Å². The molecule has 16 heavy (non-hydrogen) atoms. The number of methoxy groups -OCH3 is 1. The Kier molecular flexibility index (Phi) is 5.09. The van der Waals surface area contributed by atoms with E-state index in [1.165, 1.54) is 13.3 Å². The molecule has 4 nitrogen and oxygen atoms in total. The van der Waals surface area contributed by atoms with Crippen molar-refractivity contribution in [3.8, 4) is 6.01 Å². The fraction of sp³-hybridized carbons (Fsp3) is 0.600. The fourth-order valence-corrected chi connectivity index (χ4v) is 1.45. The molecule has 2 unspecified atom stereocenters. The van der Waals surface area contributed by atoms with Crippen LogP contribution in [0, 0.1) is 5.92 Å². The maximum absolute atomic E-state index is 5.97. The average molecular weight is 264 g/mol. The summed E-state index contributed by atoms with van der Waals surface area (Å²) in [5.41, 5.74) is 0. The molecule has 1 aromatic rings. The van der Waals surface area contributed by atoms with Crippen molar-refractivity contribution in [3.63, 3.8) is 0 Å². The molecule has 6 heteroatoms. The van der Waals surface area contributed by atoms with Crippen LogP contribution in [0.1, 0.15) is 13.8 Å². The number of hydrogen-bond acceptors (Lipinski definition) is 4. The molecule has 0 amide bonds. The maximum atomic E-state index is 5.97. The van der Waals surface area contributed by atoms with Gasteiger partial charge in [-0.15, -0.1) is 11.6 Å². The van der Waals surface area contributed by atoms with Gasteiger partial charge in [-0.25, -0.2) is 4.98 Å². The number of alkyl halides is 1. The number of rotatable bonds is 5. The normalized spacial score (nSPS) is 14.3. The van der Waals surface area contributed by atoms with Crippen molar-refractivity contribution in [2.24, 2.45) is 5.92 Å². The first kappa shape index (κ1) is 13.3. The van der Waals surface area contributed by atoms with Gasteiger partial charge in [0, 0.05) is 11.9 Å². The molecule has 0 saturated heterocycles. The molecule has 0 aliphatic heterocycles. The Morgan fingerprint density at radius 3 is 2.75 bits per heavy atom. The summed E-state index contributed by atoms with van der Waals surface area (Å²) < 4.78 is 4.93. The third-order valence-electron chi connectivity index (χ3n) is 2.37. The summed E-state index contributed by atoms with van der Waals surface area (Å²) in [5.74, 6) is 1.46. The minimum Gasteiger partial charge on any atom is -0.467 e. The third-order valence-corrected chi connectivity index (χ3v) is 3.13. The standard InChI is InChI=1S/C10H15Cl2N3O/c1-6(4-11)7(2)14-9-8(12)5-13-10(15-9)16-3/h5-7H,4H2,1-3H3,(H,13,14,15). The van der Waals surface area contributed by atoms with Crippen LogP contribution in [0.2, 0.25) is 5.02 Å². The smallest absolute Gasteiger partial charge is 0.318 e. The van der Waals surface area contributed by atoms with Crippen molar-refractivity contribution >= 4 is 29.0 Å². The summed E-state index contributed by atoms with van der Waals surface area (Å²) in [6.45, 7) is 4.08. The van der Waals surface area contributed by atoms with Crippen LogP contribution in [0.4, 0.5) is 5.82 Å². The second-order valence-corrected chi connectivity index (χ2v) is 4.33. The van der Waals surface area contributed by atoms with Crippen LogP contribution in [0.5, 0.6) is 6.01 Å². The number of hydrogen-bond donors (Lipinski definition) is 1. The molecule has 0 spiro atoms. The van der Waals surface area contributed by atoms with E-state index in [4.69, 9.17) is 27.9 Å². The van der Waals surface area contributed by atoms with Gasteiger partial charge in [-0.05, 0) is 12.8 Å². The molecular weight excluding hydrogens is 249 g/mol. The van der Waals surface area contributed by atoms with E-state index in [1.807, 2.05) is 6.92 Å². The van der Waals surface area contributed by atoms with Gasteiger partial charge in [-0.3, -0.25) is 0 Å². The lowest BCUT2D eigenvalue weighted by molar-refractivity contribution is 0.380. The van der Waals surface area contributed by atoms with Crippen LogP contribution in [0.15, 0.2) is 6.20 Å². The Balaban J connectivity index is 2.79. The van der Waals surface area contributed by atoms with E-state index in [0.717, 1.165) is 0 Å². The van der Waals surface area contributed by atoms with Crippen LogP contribution in [0.25, 0.3) is 0 Å². The molecule has 1 aromatic heterocycles. The highest BCUT2D eigenvalue weighted by Gasteiger charge is 2.14. The number of ether oxygens (including phenoxy) is 1. The number of anilines is 1. The van der Waals surface area contributed by atoms with E-state index >= 15 is 0 Å². The summed E-state index contributed by atoms with van der Waals surface area (Å²) in [6.07, 6.45) is 1.51. The molecule has 1 heterocycles. The van der Waals surface area contributed by atoms with Gasteiger partial charge >= 0.3 is 6.01 Å². The molecule has 0 aliphatic rings. The Bertz CT molecular complexity index is 349. The van der Waals surface area contributed by atoms with Crippen molar-refractivity contribution < 1.29 is 4.74 Å². The summed E-state index contributed by atoms with van der Waals surface area (Å²) >= 11 is 11.8. The largest absolute Gasteiger partial charge is 0.467 e. The second kappa shape index (κ2) is 6.11. The van der Waals surface area contributed by atoms with Crippen molar-refractivity contribution in [1.29, 1.82) is 0 Å². The zero-order valence-electron chi connectivity index (χ0n) is 9.50. The van der Waals surface area contributed by atoms with Crippen LogP contribution in [-0.4, -0.2) is 29.0 Å². The average Bonchev–Trinajstić information content (AvgIpc) is 2.30. The molecule has 1 N–H and O–H groups in total. The maximum Gasteiger partial charge on any atom is 0.318 e. The minimum atomic E-state index is 0.176. The van der Waals surface area contributed by atoms with Crippen molar-refractivity contribution in [2.75, 3.05) is 18.3 Å². The molecule has 0 bridgehead atoms. The van der Waals surface area contributed by atoms with E-state index in [0.29, 0.717) is 22.6 Å². The highest BCUT2D eigenvalue weighted by Crippen LogP contribution is 2.22. The summed E-state index contributed by atoms with van der Waals surface area (Å²) in [4.78, 5) is 8.03. The van der Waals surface area contributed by atoms with Gasteiger partial charge in [0.2, 0.25) is 0 Å². The van der Waals surface area contributed by atoms with E-state index in [1.54, 1.807) is 0 Å². The van der Waals surface area contributed by atoms with Gasteiger partial charge in [0.1, 0.15) is 5.02 Å². The number of aromatic nitrogens is 2. The predicted molar refractivity (Wildman–Crippen MR) is 66.6 cm³/mol. The monoisotopic (exact) mass is 263 g/mol. The highest BCUT2D eigenvalue weighted by atomic mass is 35.5. The van der Waals surface area contributed by atoms with E-state index < -0.39 is 0 Å². The fourth-order valence-electron chi connectivity index (χ4n) is 1.04. The first-order valence-corrected chi connectivity index (χ1v) is 5.88. The molecule has 0 fully saturated rings. The lowest BCUT2D eigenvalue weighted by Crippen LogP contribution is -2.25. The lowest BCUT2D eigenvalue weighted by Gasteiger charge is -2.20. The summed E-state index contributed by atoms with van der Waals surface area (Å²) in [7, 11) is 1.51. The molecule has 1 rings (SSSR count). The molecule has 90 valence electrons. The number of halogens is 2. The van der Waals surface area contributed by atoms with E-state index in [-0.39, 0.29) is 12.1 Å². The molecular formula is C10H15Cl2N3O. The Hall–Kier alpha value is -0.740. The van der Waals surface area contributed by atoms with Crippen LogP contribution >= 0.6 is 23.2 Å². The molecule has 0 aromatic carbocycles. The second-order valence-electron chi connectivity index (χ2n) is 3.62. The highest BCUT2D eigenvalue weighted by molar-refractivity contribution is 6.32. The topological polar surface area (TPSA) is 47.0 Å². The van der Waals surface area contributed by atoms with Crippen molar-refractivity contribution in [1.82, 2.24) is 9.97 Å². The lowest BCUT2D eigenvalue weighted by atomic mass is 10.1. The number of nitrogens with one attached hydrogen (secondary N) is 1. The SMILES string of the molecule is COc1ncc(Cl)c(NC(C)C(C)CCl)n1. The summed E-state index contributed by atoms with van der Waals surface area (Å²) in [5, 5.41) is 3.66. The third kappa shape index (κ3) is 3.39. The van der Waals surface area contributed by atoms with Crippen molar-refractivity contribution in [3.05, 3.63) is 11.2 Å². The molecule has 0 saturated carbocycles. The predicted octanol–water partition coefficient (Wildman–Crippen LogP) is 2.81. The first-order valence-electron chi connectivity index (χ1n) is 4.97. The Morgan fingerprint density at radius 1 is 1.50 bits per heavy atom. The zero-order valence-corrected chi connectivity index (χ0v) is 11.0. The van der Waals surface area contributed by atoms with Crippen LogP contribution in [0.3, 0.4) is 0 Å². The van der Waals surface area contributed by atoms with Crippen LogP contribution in [-0.2, 0) is 0 Å². The Labute approximate surface area is 105 Å². The quantitative estimate of drug-likeness (QED) is 0.831. The molecule has 2 atom stereocenters. The molecule has 0 radical (unpaired) electrons. The summed E-state index contributed by atoms with van der Waals surface area (Å²) in [6, 6.07) is 0.465. The van der Waals surface area contributed by atoms with Crippen molar-refractivity contribution in [2.45, 2.75) is 19.9 Å². The van der Waals surface area contributed by atoms with Gasteiger partial charge < -0.3 is 10.1 Å². The van der Waals surface area contributed by atoms with Crippen LogP contribution < -0.4 is 10.1 Å². The Morgan fingerprint density at radius 2 is 2.19 bits per heavy atom. The van der Waals surface area contributed by atoms with Gasteiger partial charge in [0.15, 0.2) is 5.82 Å². The minimum absolute atomic E-state index is 0.176.